The molecule has 5 heteroatoms. The van der Waals surface area contributed by atoms with Gasteiger partial charge in [0.25, 0.3) is 5.91 Å². The molecular formula is C15H18N2O2S. The van der Waals surface area contributed by atoms with Crippen molar-refractivity contribution in [3.8, 4) is 0 Å². The number of hydrogen-bond donors (Lipinski definition) is 1. The van der Waals surface area contributed by atoms with Crippen molar-refractivity contribution in [1.29, 1.82) is 0 Å². The lowest BCUT2D eigenvalue weighted by Crippen LogP contribution is -2.47. The molecule has 3 amide bonds. The van der Waals surface area contributed by atoms with E-state index in [2.05, 4.69) is 17.4 Å². The summed E-state index contributed by atoms with van der Waals surface area (Å²) in [7, 11) is 0. The molecular weight excluding hydrogens is 272 g/mol. The van der Waals surface area contributed by atoms with Crippen LogP contribution in [-0.4, -0.2) is 40.4 Å². The summed E-state index contributed by atoms with van der Waals surface area (Å²) in [6, 6.07) is 9.93. The summed E-state index contributed by atoms with van der Waals surface area (Å²) < 4.78 is 0. The minimum Gasteiger partial charge on any atom is -0.322 e. The van der Waals surface area contributed by atoms with E-state index in [-0.39, 0.29) is 11.9 Å². The molecule has 2 aliphatic rings. The molecule has 1 N–H and O–H groups in total. The summed E-state index contributed by atoms with van der Waals surface area (Å²) in [6.45, 7) is 0.506. The molecule has 0 bridgehead atoms. The Hall–Kier alpha value is -1.49. The van der Waals surface area contributed by atoms with Crippen molar-refractivity contribution in [2.45, 2.75) is 24.8 Å². The first-order valence-electron chi connectivity index (χ1n) is 6.97. The molecule has 0 aromatic heterocycles. The van der Waals surface area contributed by atoms with E-state index in [1.165, 1.54) is 10.5 Å². The van der Waals surface area contributed by atoms with Gasteiger partial charge in [0.15, 0.2) is 0 Å². The van der Waals surface area contributed by atoms with Crippen LogP contribution in [0.1, 0.15) is 18.4 Å². The Bertz CT molecular complexity index is 512. The number of thioether (sulfide) groups is 1. The molecule has 2 fully saturated rings. The molecule has 1 spiro atoms. The quantitative estimate of drug-likeness (QED) is 0.863. The second kappa shape index (κ2) is 5.48. The fourth-order valence-corrected chi connectivity index (χ4v) is 4.12. The van der Waals surface area contributed by atoms with Crippen molar-refractivity contribution in [3.05, 3.63) is 35.9 Å². The molecule has 0 unspecified atom stereocenters. The third kappa shape index (κ3) is 2.42. The van der Waals surface area contributed by atoms with Crippen molar-refractivity contribution in [2.75, 3.05) is 18.1 Å². The molecule has 0 radical (unpaired) electrons. The highest BCUT2D eigenvalue weighted by Gasteiger charge is 2.52. The molecule has 3 rings (SSSR count). The van der Waals surface area contributed by atoms with Gasteiger partial charge in [0.05, 0.1) is 0 Å². The molecule has 0 aliphatic carbocycles. The van der Waals surface area contributed by atoms with E-state index in [1.54, 1.807) is 11.8 Å². The van der Waals surface area contributed by atoms with Crippen LogP contribution in [0.4, 0.5) is 4.79 Å². The maximum Gasteiger partial charge on any atom is 0.325 e. The number of rotatable bonds is 4. The van der Waals surface area contributed by atoms with Crippen molar-refractivity contribution >= 4 is 23.7 Å². The van der Waals surface area contributed by atoms with Gasteiger partial charge in [-0.05, 0) is 30.6 Å². The van der Waals surface area contributed by atoms with Crippen molar-refractivity contribution in [1.82, 2.24) is 10.2 Å². The van der Waals surface area contributed by atoms with E-state index in [4.69, 9.17) is 0 Å². The fourth-order valence-electron chi connectivity index (χ4n) is 2.80. The fraction of sp³-hybridized carbons (Fsp3) is 0.467. The summed E-state index contributed by atoms with van der Waals surface area (Å²) in [5, 5.41) is 2.89. The van der Waals surface area contributed by atoms with Crippen molar-refractivity contribution < 1.29 is 9.59 Å². The predicted molar refractivity (Wildman–Crippen MR) is 79.7 cm³/mol. The van der Waals surface area contributed by atoms with E-state index in [0.717, 1.165) is 25.0 Å². The minimum absolute atomic E-state index is 0.0273. The highest BCUT2D eigenvalue weighted by Crippen LogP contribution is 2.33. The number of hydrogen-bond acceptors (Lipinski definition) is 3. The lowest BCUT2D eigenvalue weighted by molar-refractivity contribution is -0.130. The number of benzene rings is 1. The van der Waals surface area contributed by atoms with E-state index >= 15 is 0 Å². The zero-order valence-corrected chi connectivity index (χ0v) is 12.1. The topological polar surface area (TPSA) is 49.4 Å². The van der Waals surface area contributed by atoms with Crippen molar-refractivity contribution in [2.24, 2.45) is 0 Å². The van der Waals surface area contributed by atoms with Gasteiger partial charge < -0.3 is 5.32 Å². The molecule has 2 heterocycles. The Balaban J connectivity index is 1.58. The molecule has 2 aliphatic heterocycles. The molecule has 1 aromatic carbocycles. The Morgan fingerprint density at radius 3 is 2.75 bits per heavy atom. The van der Waals surface area contributed by atoms with Gasteiger partial charge in [-0.25, -0.2) is 4.79 Å². The number of urea groups is 1. The summed E-state index contributed by atoms with van der Waals surface area (Å²) in [6.07, 6.45) is 2.46. The smallest absolute Gasteiger partial charge is 0.322 e. The Labute approximate surface area is 122 Å². The van der Waals surface area contributed by atoms with Gasteiger partial charge in [-0.15, -0.1) is 0 Å². The average Bonchev–Trinajstić information content (AvgIpc) is 3.01. The highest BCUT2D eigenvalue weighted by molar-refractivity contribution is 7.99. The largest absolute Gasteiger partial charge is 0.325 e. The van der Waals surface area contributed by atoms with Crippen LogP contribution in [0.25, 0.3) is 0 Å². The first-order chi connectivity index (χ1) is 9.71. The Morgan fingerprint density at radius 2 is 2.05 bits per heavy atom. The lowest BCUT2D eigenvalue weighted by Gasteiger charge is -2.19. The number of amides is 3. The molecule has 0 saturated carbocycles. The van der Waals surface area contributed by atoms with Crippen LogP contribution in [0.5, 0.6) is 0 Å². The van der Waals surface area contributed by atoms with Gasteiger partial charge in [0.1, 0.15) is 5.54 Å². The van der Waals surface area contributed by atoms with E-state index in [0.29, 0.717) is 12.3 Å². The first-order valence-corrected chi connectivity index (χ1v) is 8.13. The van der Waals surface area contributed by atoms with Crippen LogP contribution < -0.4 is 5.32 Å². The standard InChI is InChI=1S/C15H18N2O2S/c18-13-15(8-10-20-11-15)16-14(19)17(13)9-4-7-12-5-2-1-3-6-12/h1-3,5-6H,4,7-11H2,(H,16,19)/t15-/m1/s1. The second-order valence-corrected chi connectivity index (χ2v) is 6.47. The molecule has 2 saturated heterocycles. The van der Waals surface area contributed by atoms with Crippen LogP contribution in [0, 0.1) is 0 Å². The van der Waals surface area contributed by atoms with E-state index < -0.39 is 5.54 Å². The third-order valence-corrected chi connectivity index (χ3v) is 5.15. The zero-order chi connectivity index (χ0) is 14.0. The summed E-state index contributed by atoms with van der Waals surface area (Å²) >= 11 is 1.74. The lowest BCUT2D eigenvalue weighted by atomic mass is 9.99. The SMILES string of the molecule is O=C1N[C@@]2(CCSC2)C(=O)N1CCCc1ccccc1. The Kier molecular flexibility index (Phi) is 3.70. The van der Waals surface area contributed by atoms with Crippen LogP contribution in [0.2, 0.25) is 0 Å². The molecule has 20 heavy (non-hydrogen) atoms. The Morgan fingerprint density at radius 1 is 1.25 bits per heavy atom. The van der Waals surface area contributed by atoms with Gasteiger partial charge in [0.2, 0.25) is 0 Å². The number of imide groups is 1. The first kappa shape index (κ1) is 13.5. The van der Waals surface area contributed by atoms with E-state index in [1.807, 2.05) is 18.2 Å². The van der Waals surface area contributed by atoms with Crippen LogP contribution in [0.15, 0.2) is 30.3 Å². The van der Waals surface area contributed by atoms with Gasteiger partial charge in [-0.2, -0.15) is 11.8 Å². The van der Waals surface area contributed by atoms with Crippen LogP contribution >= 0.6 is 11.8 Å². The molecule has 106 valence electrons. The number of carbonyl (C=O) groups is 2. The number of carbonyl (C=O) groups excluding carboxylic acids is 2. The number of nitrogens with zero attached hydrogens (tertiary/aromatic N) is 1. The monoisotopic (exact) mass is 290 g/mol. The zero-order valence-electron chi connectivity index (χ0n) is 11.3. The van der Waals surface area contributed by atoms with Gasteiger partial charge >= 0.3 is 6.03 Å². The van der Waals surface area contributed by atoms with Crippen molar-refractivity contribution in [3.63, 3.8) is 0 Å². The predicted octanol–water partition coefficient (Wildman–Crippen LogP) is 2.05. The molecule has 1 atom stereocenters. The maximum atomic E-state index is 12.4. The van der Waals surface area contributed by atoms with Gasteiger partial charge in [-0.1, -0.05) is 30.3 Å². The maximum absolute atomic E-state index is 12.4. The number of aryl methyl sites for hydroxylation is 1. The van der Waals surface area contributed by atoms with Crippen LogP contribution in [0.3, 0.4) is 0 Å². The number of nitrogens with one attached hydrogen (secondary N) is 1. The summed E-state index contributed by atoms with van der Waals surface area (Å²) in [5.74, 6) is 1.64. The average molecular weight is 290 g/mol. The van der Waals surface area contributed by atoms with Gasteiger partial charge in [0, 0.05) is 12.3 Å². The molecule has 1 aromatic rings. The highest BCUT2D eigenvalue weighted by atomic mass is 32.2. The van der Waals surface area contributed by atoms with Crippen LogP contribution in [-0.2, 0) is 11.2 Å². The minimum atomic E-state index is -0.603. The summed E-state index contributed by atoms with van der Waals surface area (Å²) in [5.41, 5.74) is 0.639. The molecule has 4 nitrogen and oxygen atoms in total. The van der Waals surface area contributed by atoms with E-state index in [9.17, 15) is 9.59 Å². The normalized spacial score (nSPS) is 25.5. The third-order valence-electron chi connectivity index (χ3n) is 3.96. The van der Waals surface area contributed by atoms with Gasteiger partial charge in [-0.3, -0.25) is 9.69 Å². The summed E-state index contributed by atoms with van der Waals surface area (Å²) in [4.78, 5) is 25.8. The second-order valence-electron chi connectivity index (χ2n) is 5.36.